The Kier molecular flexibility index (Phi) is 5.18. The molecule has 2 nitrogen and oxygen atoms in total. The third-order valence-corrected chi connectivity index (χ3v) is 5.26. The van der Waals surface area contributed by atoms with Crippen molar-refractivity contribution in [3.63, 3.8) is 0 Å². The van der Waals surface area contributed by atoms with Crippen LogP contribution < -0.4 is 10.6 Å². The van der Waals surface area contributed by atoms with E-state index in [4.69, 9.17) is 4.52 Å². The van der Waals surface area contributed by atoms with Gasteiger partial charge in [0.05, 0.1) is 0 Å². The zero-order valence-corrected chi connectivity index (χ0v) is 12.3. The molecule has 0 atom stereocenters. The zero-order chi connectivity index (χ0) is 14.3. The molecule has 0 N–H and O–H groups in total. The summed E-state index contributed by atoms with van der Waals surface area (Å²) in [5.41, 5.74) is 0. The van der Waals surface area contributed by atoms with E-state index in [1.165, 1.54) is 0 Å². The van der Waals surface area contributed by atoms with Crippen LogP contribution in [0.5, 0.6) is 0 Å². The van der Waals surface area contributed by atoms with Crippen LogP contribution in [0.25, 0.3) is 0 Å². The molecule has 0 aliphatic carbocycles. The summed E-state index contributed by atoms with van der Waals surface area (Å²) in [7, 11) is -3.07. The topological polar surface area (TPSA) is 26.3 Å². The predicted molar refractivity (Wildman–Crippen MR) is 83.8 cm³/mol. The second-order valence-electron chi connectivity index (χ2n) is 4.20. The molecule has 0 fully saturated rings. The molecule has 0 amide bonds. The summed E-state index contributed by atoms with van der Waals surface area (Å²) >= 11 is 0. The summed E-state index contributed by atoms with van der Waals surface area (Å²) in [6.45, 7) is 2.15. The van der Waals surface area contributed by atoms with Crippen molar-refractivity contribution >= 4 is 18.0 Å². The van der Waals surface area contributed by atoms with Gasteiger partial charge in [0.2, 0.25) is 0 Å². The summed E-state index contributed by atoms with van der Waals surface area (Å²) in [5.74, 6) is 5.81. The Morgan fingerprint density at radius 1 is 0.900 bits per heavy atom. The van der Waals surface area contributed by atoms with E-state index in [-0.39, 0.29) is 6.61 Å². The van der Waals surface area contributed by atoms with Crippen molar-refractivity contribution in [2.75, 3.05) is 6.61 Å². The second-order valence-corrected chi connectivity index (χ2v) is 6.60. The molecule has 102 valence electrons. The first-order chi connectivity index (χ1) is 9.77. The maximum atomic E-state index is 13.3. The van der Waals surface area contributed by atoms with Crippen molar-refractivity contribution in [3.8, 4) is 11.8 Å². The number of benzene rings is 2. The van der Waals surface area contributed by atoms with E-state index in [1.54, 1.807) is 0 Å². The summed E-state index contributed by atoms with van der Waals surface area (Å²) < 4.78 is 19.0. The fourth-order valence-corrected chi connectivity index (χ4v) is 3.82. The maximum absolute atomic E-state index is 13.3. The Morgan fingerprint density at radius 3 is 1.85 bits per heavy atom. The van der Waals surface area contributed by atoms with E-state index in [1.807, 2.05) is 67.6 Å². The molecule has 0 saturated carbocycles. The van der Waals surface area contributed by atoms with Gasteiger partial charge in [-0.1, -0.05) is 49.2 Å². The van der Waals surface area contributed by atoms with Crippen LogP contribution in [0, 0.1) is 11.8 Å². The molecule has 2 rings (SSSR count). The largest absolute Gasteiger partial charge is 0.309 e. The maximum Gasteiger partial charge on any atom is 0.262 e. The average molecular weight is 284 g/mol. The summed E-state index contributed by atoms with van der Waals surface area (Å²) in [6.07, 6.45) is 0.768. The lowest BCUT2D eigenvalue weighted by Gasteiger charge is -2.18. The van der Waals surface area contributed by atoms with Crippen LogP contribution in [0.15, 0.2) is 60.7 Å². The number of hydrogen-bond donors (Lipinski definition) is 0. The first-order valence-electron chi connectivity index (χ1n) is 6.59. The molecule has 0 aromatic heterocycles. The third-order valence-electron chi connectivity index (χ3n) is 2.81. The van der Waals surface area contributed by atoms with Gasteiger partial charge in [-0.2, -0.15) is 0 Å². The van der Waals surface area contributed by atoms with Crippen LogP contribution in [0.4, 0.5) is 0 Å². The van der Waals surface area contributed by atoms with Crippen LogP contribution in [-0.2, 0) is 9.09 Å². The lowest BCUT2D eigenvalue weighted by molar-refractivity contribution is 0.375. The molecular formula is C17H17O2P. The SMILES string of the molecule is CCC#CCOP(=O)(c1ccccc1)c1ccccc1. The van der Waals surface area contributed by atoms with Crippen molar-refractivity contribution in [2.45, 2.75) is 13.3 Å². The molecule has 0 aliphatic heterocycles. The van der Waals surface area contributed by atoms with Gasteiger partial charge in [-0.05, 0) is 24.3 Å². The minimum absolute atomic E-state index is 0.176. The van der Waals surface area contributed by atoms with Crippen molar-refractivity contribution < 1.29 is 9.09 Å². The van der Waals surface area contributed by atoms with Crippen LogP contribution >= 0.6 is 7.37 Å². The monoisotopic (exact) mass is 284 g/mol. The van der Waals surface area contributed by atoms with E-state index in [0.717, 1.165) is 6.42 Å². The molecule has 0 heterocycles. The fourth-order valence-electron chi connectivity index (χ4n) is 1.85. The highest BCUT2D eigenvalue weighted by molar-refractivity contribution is 7.74. The van der Waals surface area contributed by atoms with Gasteiger partial charge in [0.25, 0.3) is 7.37 Å². The van der Waals surface area contributed by atoms with Crippen LogP contribution in [0.3, 0.4) is 0 Å². The fraction of sp³-hybridized carbons (Fsp3) is 0.176. The standard InChI is InChI=1S/C17H17O2P/c1-2-3-10-15-19-20(18,16-11-6-4-7-12-16)17-13-8-5-9-14-17/h4-9,11-14H,2,15H2,1H3. The van der Waals surface area contributed by atoms with Crippen molar-refractivity contribution in [1.82, 2.24) is 0 Å². The smallest absolute Gasteiger partial charge is 0.262 e. The second kappa shape index (κ2) is 7.10. The van der Waals surface area contributed by atoms with Crippen molar-refractivity contribution in [2.24, 2.45) is 0 Å². The molecule has 0 radical (unpaired) electrons. The predicted octanol–water partition coefficient (Wildman–Crippen LogP) is 3.35. The molecule has 2 aromatic carbocycles. The number of hydrogen-bond acceptors (Lipinski definition) is 2. The Morgan fingerprint density at radius 2 is 1.40 bits per heavy atom. The third kappa shape index (κ3) is 3.39. The molecule has 0 bridgehead atoms. The molecule has 0 aliphatic rings. The summed E-state index contributed by atoms with van der Waals surface area (Å²) in [6, 6.07) is 18.6. The Bertz CT molecular complexity index is 595. The molecular weight excluding hydrogens is 267 g/mol. The van der Waals surface area contributed by atoms with E-state index < -0.39 is 7.37 Å². The highest BCUT2D eigenvalue weighted by atomic mass is 31.2. The highest BCUT2D eigenvalue weighted by Crippen LogP contribution is 2.44. The molecule has 0 unspecified atom stereocenters. The summed E-state index contributed by atoms with van der Waals surface area (Å²) in [4.78, 5) is 0. The normalized spacial score (nSPS) is 10.7. The van der Waals surface area contributed by atoms with E-state index >= 15 is 0 Å². The molecule has 3 heteroatoms. The summed E-state index contributed by atoms with van der Waals surface area (Å²) in [5, 5.41) is 1.40. The van der Waals surface area contributed by atoms with Gasteiger partial charge < -0.3 is 4.52 Å². The van der Waals surface area contributed by atoms with Crippen LogP contribution in [0.2, 0.25) is 0 Å². The minimum Gasteiger partial charge on any atom is -0.309 e. The van der Waals surface area contributed by atoms with Crippen LogP contribution in [0.1, 0.15) is 13.3 Å². The van der Waals surface area contributed by atoms with Gasteiger partial charge in [-0.3, -0.25) is 4.57 Å². The van der Waals surface area contributed by atoms with E-state index in [2.05, 4.69) is 11.8 Å². The molecule has 20 heavy (non-hydrogen) atoms. The van der Waals surface area contributed by atoms with Gasteiger partial charge in [0, 0.05) is 17.0 Å². The lowest BCUT2D eigenvalue weighted by Crippen LogP contribution is -2.18. The lowest BCUT2D eigenvalue weighted by atomic mass is 10.4. The number of rotatable bonds is 4. The average Bonchev–Trinajstić information content (AvgIpc) is 2.53. The van der Waals surface area contributed by atoms with Crippen molar-refractivity contribution in [3.05, 3.63) is 60.7 Å². The minimum atomic E-state index is -3.07. The van der Waals surface area contributed by atoms with E-state index in [0.29, 0.717) is 10.6 Å². The highest BCUT2D eigenvalue weighted by Gasteiger charge is 2.27. The van der Waals surface area contributed by atoms with Gasteiger partial charge in [0.15, 0.2) is 0 Å². The van der Waals surface area contributed by atoms with Gasteiger partial charge in [0.1, 0.15) is 6.61 Å². The molecule has 0 spiro atoms. The van der Waals surface area contributed by atoms with E-state index in [9.17, 15) is 4.57 Å². The van der Waals surface area contributed by atoms with Crippen LogP contribution in [-0.4, -0.2) is 6.61 Å². The van der Waals surface area contributed by atoms with Crippen molar-refractivity contribution in [1.29, 1.82) is 0 Å². The van der Waals surface area contributed by atoms with Gasteiger partial charge in [-0.15, -0.1) is 5.92 Å². The Hall–Kier alpha value is -1.81. The Balaban J connectivity index is 2.36. The first-order valence-corrected chi connectivity index (χ1v) is 8.21. The quantitative estimate of drug-likeness (QED) is 0.636. The molecule has 2 aromatic rings. The molecule has 0 saturated heterocycles. The Labute approximate surface area is 120 Å². The van der Waals surface area contributed by atoms with Gasteiger partial charge in [-0.25, -0.2) is 0 Å². The van der Waals surface area contributed by atoms with Gasteiger partial charge >= 0.3 is 0 Å². The zero-order valence-electron chi connectivity index (χ0n) is 11.5. The first kappa shape index (κ1) is 14.6.